The number of H-pyrrole nitrogens is 1. The van der Waals surface area contributed by atoms with Gasteiger partial charge in [0.15, 0.2) is 9.84 Å². The average Bonchev–Trinajstić information content (AvgIpc) is 2.71. The molecule has 1 N–H and O–H groups in total. The quantitative estimate of drug-likeness (QED) is 0.824. The molecule has 0 radical (unpaired) electrons. The second kappa shape index (κ2) is 4.07. The first-order valence-electron chi connectivity index (χ1n) is 4.90. The number of hydrogen-bond donors (Lipinski definition) is 1. The van der Waals surface area contributed by atoms with Gasteiger partial charge < -0.3 is 4.98 Å². The summed E-state index contributed by atoms with van der Waals surface area (Å²) in [5.74, 6) is 0. The molecule has 0 saturated carbocycles. The Kier molecular flexibility index (Phi) is 2.74. The Bertz CT molecular complexity index is 733. The maximum absolute atomic E-state index is 11.3. The monoisotopic (exact) mass is 246 g/mol. The van der Waals surface area contributed by atoms with E-state index in [-0.39, 0.29) is 4.91 Å². The van der Waals surface area contributed by atoms with Crippen molar-refractivity contribution in [3.8, 4) is 6.07 Å². The minimum Gasteiger partial charge on any atom is -0.361 e. The lowest BCUT2D eigenvalue weighted by Crippen LogP contribution is -1.98. The first kappa shape index (κ1) is 11.4. The Labute approximate surface area is 99.1 Å². The lowest BCUT2D eigenvalue weighted by atomic mass is 10.1. The highest BCUT2D eigenvalue weighted by atomic mass is 32.2. The molecule has 2 rings (SSSR count). The van der Waals surface area contributed by atoms with Crippen molar-refractivity contribution in [2.45, 2.75) is 0 Å². The van der Waals surface area contributed by atoms with Crippen molar-refractivity contribution in [2.24, 2.45) is 0 Å². The standard InChI is InChI=1S/C12H10N2O2S/c1-17(15,16)11(8-13)7-9-2-3-12-10(6-9)4-5-14-12/h2-7,14H,1H3. The molecular weight excluding hydrogens is 236 g/mol. The number of hydrogen-bond acceptors (Lipinski definition) is 3. The maximum Gasteiger partial charge on any atom is 0.185 e. The van der Waals surface area contributed by atoms with Gasteiger partial charge in [0.2, 0.25) is 0 Å². The molecular formula is C12H10N2O2S. The van der Waals surface area contributed by atoms with Crippen LogP contribution in [0.15, 0.2) is 35.4 Å². The first-order chi connectivity index (χ1) is 8.00. The van der Waals surface area contributed by atoms with Crippen molar-refractivity contribution in [1.29, 1.82) is 5.26 Å². The molecule has 0 bridgehead atoms. The zero-order chi connectivity index (χ0) is 12.5. The molecule has 0 aliphatic rings. The van der Waals surface area contributed by atoms with E-state index in [0.29, 0.717) is 5.56 Å². The van der Waals surface area contributed by atoms with Gasteiger partial charge >= 0.3 is 0 Å². The van der Waals surface area contributed by atoms with Crippen LogP contribution in [-0.4, -0.2) is 19.7 Å². The molecule has 86 valence electrons. The van der Waals surface area contributed by atoms with E-state index in [1.54, 1.807) is 18.3 Å². The van der Waals surface area contributed by atoms with Crippen LogP contribution in [0.25, 0.3) is 17.0 Å². The number of fused-ring (bicyclic) bond motifs is 1. The Morgan fingerprint density at radius 1 is 1.41 bits per heavy atom. The van der Waals surface area contributed by atoms with Crippen LogP contribution in [-0.2, 0) is 9.84 Å². The van der Waals surface area contributed by atoms with Gasteiger partial charge in [-0.1, -0.05) is 6.07 Å². The Hall–Kier alpha value is -2.06. The summed E-state index contributed by atoms with van der Waals surface area (Å²) < 4.78 is 22.6. The zero-order valence-corrected chi connectivity index (χ0v) is 9.95. The van der Waals surface area contributed by atoms with E-state index in [9.17, 15) is 8.42 Å². The van der Waals surface area contributed by atoms with Crippen LogP contribution < -0.4 is 0 Å². The minimum absolute atomic E-state index is 0.229. The summed E-state index contributed by atoms with van der Waals surface area (Å²) in [4.78, 5) is 2.81. The van der Waals surface area contributed by atoms with E-state index in [1.807, 2.05) is 18.2 Å². The predicted molar refractivity (Wildman–Crippen MR) is 66.7 cm³/mol. The number of benzene rings is 1. The molecule has 5 heteroatoms. The number of sulfone groups is 1. The van der Waals surface area contributed by atoms with E-state index >= 15 is 0 Å². The van der Waals surface area contributed by atoms with Gasteiger partial charge in [-0.05, 0) is 35.2 Å². The lowest BCUT2D eigenvalue weighted by Gasteiger charge is -1.97. The van der Waals surface area contributed by atoms with Crippen LogP contribution in [0, 0.1) is 11.3 Å². The van der Waals surface area contributed by atoms with E-state index in [4.69, 9.17) is 5.26 Å². The molecule has 4 nitrogen and oxygen atoms in total. The van der Waals surface area contributed by atoms with Gasteiger partial charge in [0.1, 0.15) is 11.0 Å². The molecule has 0 unspecified atom stereocenters. The van der Waals surface area contributed by atoms with Crippen molar-refractivity contribution in [1.82, 2.24) is 4.98 Å². The molecule has 1 heterocycles. The Morgan fingerprint density at radius 2 is 2.18 bits per heavy atom. The third kappa shape index (κ3) is 2.37. The fraction of sp³-hybridized carbons (Fsp3) is 0.0833. The topological polar surface area (TPSA) is 73.7 Å². The molecule has 2 aromatic rings. The highest BCUT2D eigenvalue weighted by molar-refractivity contribution is 7.95. The van der Waals surface area contributed by atoms with Crippen molar-refractivity contribution in [3.05, 3.63) is 40.9 Å². The fourth-order valence-electron chi connectivity index (χ4n) is 1.54. The summed E-state index contributed by atoms with van der Waals surface area (Å²) in [5.41, 5.74) is 1.67. The number of nitriles is 1. The molecule has 0 fully saturated rings. The van der Waals surface area contributed by atoms with Crippen LogP contribution in [0.4, 0.5) is 0 Å². The second-order valence-corrected chi connectivity index (χ2v) is 5.70. The molecule has 1 aromatic carbocycles. The van der Waals surface area contributed by atoms with Gasteiger partial charge in [0, 0.05) is 18.0 Å². The molecule has 0 aliphatic carbocycles. The zero-order valence-electron chi connectivity index (χ0n) is 9.14. The highest BCUT2D eigenvalue weighted by Gasteiger charge is 2.10. The van der Waals surface area contributed by atoms with E-state index in [0.717, 1.165) is 17.2 Å². The lowest BCUT2D eigenvalue weighted by molar-refractivity contribution is 0.609. The van der Waals surface area contributed by atoms with Crippen molar-refractivity contribution < 1.29 is 8.42 Å². The molecule has 17 heavy (non-hydrogen) atoms. The largest absolute Gasteiger partial charge is 0.361 e. The summed E-state index contributed by atoms with van der Waals surface area (Å²) in [6, 6.07) is 9.02. The average molecular weight is 246 g/mol. The number of aromatic amines is 1. The van der Waals surface area contributed by atoms with Crippen molar-refractivity contribution in [3.63, 3.8) is 0 Å². The SMILES string of the molecule is CS(=O)(=O)C(C#N)=Cc1ccc2[nH]ccc2c1. The van der Waals surface area contributed by atoms with Crippen LogP contribution in [0.1, 0.15) is 5.56 Å². The fourth-order valence-corrected chi connectivity index (χ4v) is 2.05. The van der Waals surface area contributed by atoms with Crippen molar-refractivity contribution >= 4 is 26.8 Å². The highest BCUT2D eigenvalue weighted by Crippen LogP contribution is 2.17. The molecule has 0 atom stereocenters. The molecule has 1 aromatic heterocycles. The number of allylic oxidation sites excluding steroid dienone is 1. The summed E-state index contributed by atoms with van der Waals surface area (Å²) in [7, 11) is -3.46. The summed E-state index contributed by atoms with van der Waals surface area (Å²) in [6.45, 7) is 0. The molecule has 0 amide bonds. The minimum atomic E-state index is -3.46. The molecule has 0 spiro atoms. The van der Waals surface area contributed by atoms with E-state index in [2.05, 4.69) is 4.98 Å². The number of aromatic nitrogens is 1. The van der Waals surface area contributed by atoms with Crippen molar-refractivity contribution in [2.75, 3.05) is 6.26 Å². The normalized spacial score (nSPS) is 12.6. The third-order valence-corrected chi connectivity index (χ3v) is 3.39. The van der Waals surface area contributed by atoms with E-state index < -0.39 is 9.84 Å². The first-order valence-corrected chi connectivity index (χ1v) is 6.79. The van der Waals surface area contributed by atoms with Crippen LogP contribution in [0.3, 0.4) is 0 Å². The molecule has 0 saturated heterocycles. The van der Waals surface area contributed by atoms with E-state index in [1.165, 1.54) is 6.08 Å². The van der Waals surface area contributed by atoms with Gasteiger partial charge in [-0.2, -0.15) is 5.26 Å². The van der Waals surface area contributed by atoms with Gasteiger partial charge in [-0.3, -0.25) is 0 Å². The number of rotatable bonds is 2. The van der Waals surface area contributed by atoms with Crippen LogP contribution in [0.2, 0.25) is 0 Å². The van der Waals surface area contributed by atoms with Gasteiger partial charge in [-0.15, -0.1) is 0 Å². The van der Waals surface area contributed by atoms with Crippen LogP contribution >= 0.6 is 0 Å². The number of nitrogens with zero attached hydrogens (tertiary/aromatic N) is 1. The van der Waals surface area contributed by atoms with Gasteiger partial charge in [-0.25, -0.2) is 8.42 Å². The van der Waals surface area contributed by atoms with Gasteiger partial charge in [0.25, 0.3) is 0 Å². The van der Waals surface area contributed by atoms with Gasteiger partial charge in [0.05, 0.1) is 0 Å². The smallest absolute Gasteiger partial charge is 0.185 e. The second-order valence-electron chi connectivity index (χ2n) is 3.72. The maximum atomic E-state index is 11.3. The van der Waals surface area contributed by atoms with Crippen LogP contribution in [0.5, 0.6) is 0 Å². The Balaban J connectivity index is 2.54. The predicted octanol–water partition coefficient (Wildman–Crippen LogP) is 2.08. The summed E-state index contributed by atoms with van der Waals surface area (Å²) in [6.07, 6.45) is 4.21. The molecule has 0 aliphatic heterocycles. The third-order valence-electron chi connectivity index (χ3n) is 2.38. The Morgan fingerprint density at radius 3 is 2.82 bits per heavy atom. The number of nitrogens with one attached hydrogen (secondary N) is 1. The summed E-state index contributed by atoms with van der Waals surface area (Å²) in [5, 5.41) is 9.77. The summed E-state index contributed by atoms with van der Waals surface area (Å²) >= 11 is 0.